The van der Waals surface area contributed by atoms with Crippen LogP contribution in [-0.2, 0) is 16.3 Å². The van der Waals surface area contributed by atoms with Gasteiger partial charge in [-0.1, -0.05) is 18.2 Å². The lowest BCUT2D eigenvalue weighted by molar-refractivity contribution is 0.0692. The van der Waals surface area contributed by atoms with Crippen LogP contribution in [0.25, 0.3) is 0 Å². The van der Waals surface area contributed by atoms with Crippen LogP contribution in [0.1, 0.15) is 16.1 Å². The first-order valence-corrected chi connectivity index (χ1v) is 7.61. The monoisotopic (exact) mass is 291 g/mol. The maximum atomic E-state index is 12.2. The molecule has 0 aliphatic rings. The van der Waals surface area contributed by atoms with Crippen molar-refractivity contribution in [3.8, 4) is 0 Å². The largest absolute Gasteiger partial charge is 0.478 e. The molecule has 20 heavy (non-hydrogen) atoms. The molecule has 0 saturated heterocycles. The second-order valence-corrected chi connectivity index (χ2v) is 6.27. The molecule has 0 saturated carbocycles. The van der Waals surface area contributed by atoms with Gasteiger partial charge in [-0.15, -0.1) is 0 Å². The predicted octanol–water partition coefficient (Wildman–Crippen LogP) is 1.80. The van der Waals surface area contributed by atoms with Crippen molar-refractivity contribution in [2.75, 3.05) is 5.75 Å². The maximum absolute atomic E-state index is 12.2. The first kappa shape index (κ1) is 14.2. The quantitative estimate of drug-likeness (QED) is 0.908. The van der Waals surface area contributed by atoms with Gasteiger partial charge in [0.2, 0.25) is 0 Å². The number of pyridine rings is 1. The number of hydrogen-bond acceptors (Lipinski definition) is 4. The molecule has 2 aromatic rings. The van der Waals surface area contributed by atoms with E-state index in [0.29, 0.717) is 5.69 Å². The van der Waals surface area contributed by atoms with Crippen molar-refractivity contribution in [3.05, 3.63) is 59.9 Å². The van der Waals surface area contributed by atoms with Gasteiger partial charge in [0.25, 0.3) is 0 Å². The fraction of sp³-hybridized carbons (Fsp3) is 0.143. The number of aromatic carboxylic acids is 1. The Morgan fingerprint density at radius 3 is 2.45 bits per heavy atom. The lowest BCUT2D eigenvalue weighted by atomic mass is 10.2. The Morgan fingerprint density at radius 1 is 1.10 bits per heavy atom. The van der Waals surface area contributed by atoms with E-state index in [0.717, 1.165) is 0 Å². The number of benzene rings is 1. The van der Waals surface area contributed by atoms with Crippen molar-refractivity contribution in [3.63, 3.8) is 0 Å². The van der Waals surface area contributed by atoms with Crippen molar-refractivity contribution in [1.29, 1.82) is 0 Å². The van der Waals surface area contributed by atoms with Crippen LogP contribution in [0.4, 0.5) is 0 Å². The second kappa shape index (κ2) is 5.83. The molecule has 0 radical (unpaired) electrons. The number of nitrogens with zero attached hydrogens (tertiary/aromatic N) is 1. The third kappa shape index (κ3) is 3.21. The van der Waals surface area contributed by atoms with Crippen LogP contribution in [0.15, 0.2) is 53.6 Å². The van der Waals surface area contributed by atoms with Crippen molar-refractivity contribution in [2.24, 2.45) is 0 Å². The minimum absolute atomic E-state index is 0.150. The predicted molar refractivity (Wildman–Crippen MR) is 73.4 cm³/mol. The fourth-order valence-corrected chi connectivity index (χ4v) is 3.28. The normalized spacial score (nSPS) is 11.2. The molecule has 5 nitrogen and oxygen atoms in total. The summed E-state index contributed by atoms with van der Waals surface area (Å²) in [6.45, 7) is 0. The molecule has 0 aliphatic carbocycles. The highest BCUT2D eigenvalue weighted by Crippen LogP contribution is 2.18. The summed E-state index contributed by atoms with van der Waals surface area (Å²) in [5.41, 5.74) is 0.456. The van der Waals surface area contributed by atoms with Gasteiger partial charge in [0.05, 0.1) is 16.2 Å². The number of carboxylic acids is 1. The Kier molecular flexibility index (Phi) is 4.14. The van der Waals surface area contributed by atoms with Crippen LogP contribution in [0.5, 0.6) is 0 Å². The molecule has 0 amide bonds. The number of carboxylic acid groups (broad SMARTS) is 1. The minimum Gasteiger partial charge on any atom is -0.478 e. The van der Waals surface area contributed by atoms with Crippen molar-refractivity contribution >= 4 is 15.8 Å². The van der Waals surface area contributed by atoms with E-state index >= 15 is 0 Å². The number of carbonyl (C=O) groups is 1. The van der Waals surface area contributed by atoms with E-state index in [1.54, 1.807) is 24.4 Å². The average molecular weight is 291 g/mol. The standard InChI is InChI=1S/C14H13NO4S/c16-14(17)12-6-1-2-7-13(12)20(18,19)10-8-11-5-3-4-9-15-11/h1-7,9H,8,10H2,(H,16,17). The molecular formula is C14H13NO4S. The molecule has 1 heterocycles. The summed E-state index contributed by atoms with van der Waals surface area (Å²) in [7, 11) is -3.65. The van der Waals surface area contributed by atoms with Crippen LogP contribution < -0.4 is 0 Å². The lowest BCUT2D eigenvalue weighted by Gasteiger charge is -2.07. The fourth-order valence-electron chi connectivity index (χ4n) is 1.81. The van der Waals surface area contributed by atoms with Gasteiger partial charge in [0.1, 0.15) is 0 Å². The van der Waals surface area contributed by atoms with Gasteiger partial charge in [-0.3, -0.25) is 4.98 Å². The van der Waals surface area contributed by atoms with E-state index in [4.69, 9.17) is 5.11 Å². The third-order valence-electron chi connectivity index (χ3n) is 2.81. The highest BCUT2D eigenvalue weighted by Gasteiger charge is 2.21. The summed E-state index contributed by atoms with van der Waals surface area (Å²) in [5, 5.41) is 9.04. The van der Waals surface area contributed by atoms with Gasteiger partial charge in [-0.05, 0) is 24.3 Å². The Hall–Kier alpha value is -2.21. The lowest BCUT2D eigenvalue weighted by Crippen LogP contribution is -2.14. The van der Waals surface area contributed by atoms with E-state index in [9.17, 15) is 13.2 Å². The molecule has 1 aromatic heterocycles. The second-order valence-electron chi connectivity index (χ2n) is 4.19. The zero-order valence-electron chi connectivity index (χ0n) is 10.6. The number of aromatic nitrogens is 1. The summed E-state index contributed by atoms with van der Waals surface area (Å²) in [6, 6.07) is 10.9. The van der Waals surface area contributed by atoms with Gasteiger partial charge in [-0.2, -0.15) is 0 Å². The summed E-state index contributed by atoms with van der Waals surface area (Å²) in [4.78, 5) is 15.0. The highest BCUT2D eigenvalue weighted by molar-refractivity contribution is 7.91. The zero-order valence-corrected chi connectivity index (χ0v) is 11.4. The molecule has 0 fully saturated rings. The van der Waals surface area contributed by atoms with Crippen molar-refractivity contribution in [1.82, 2.24) is 4.98 Å². The molecule has 0 unspecified atom stereocenters. The zero-order chi connectivity index (χ0) is 14.6. The van der Waals surface area contributed by atoms with Crippen LogP contribution in [0.2, 0.25) is 0 Å². The first-order valence-electron chi connectivity index (χ1n) is 5.96. The van der Waals surface area contributed by atoms with E-state index < -0.39 is 15.8 Å². The minimum atomic E-state index is -3.65. The Morgan fingerprint density at radius 2 is 1.80 bits per heavy atom. The van der Waals surface area contributed by atoms with Crippen LogP contribution in [0, 0.1) is 0 Å². The number of aryl methyl sites for hydroxylation is 1. The highest BCUT2D eigenvalue weighted by atomic mass is 32.2. The van der Waals surface area contributed by atoms with Gasteiger partial charge in [0, 0.05) is 18.3 Å². The van der Waals surface area contributed by atoms with Crippen LogP contribution in [-0.4, -0.2) is 30.2 Å². The Labute approximate surface area is 116 Å². The van der Waals surface area contributed by atoms with E-state index in [1.165, 1.54) is 24.3 Å². The smallest absolute Gasteiger partial charge is 0.337 e. The van der Waals surface area contributed by atoms with Crippen molar-refractivity contribution in [2.45, 2.75) is 11.3 Å². The van der Waals surface area contributed by atoms with Crippen LogP contribution in [0.3, 0.4) is 0 Å². The van der Waals surface area contributed by atoms with Crippen molar-refractivity contribution < 1.29 is 18.3 Å². The Bertz CT molecular complexity index is 711. The maximum Gasteiger partial charge on any atom is 0.337 e. The number of hydrogen-bond donors (Lipinski definition) is 1. The first-order chi connectivity index (χ1) is 9.50. The molecule has 6 heteroatoms. The summed E-state index contributed by atoms with van der Waals surface area (Å²) < 4.78 is 24.5. The topological polar surface area (TPSA) is 84.3 Å². The molecular weight excluding hydrogens is 278 g/mol. The average Bonchev–Trinajstić information content (AvgIpc) is 2.46. The van der Waals surface area contributed by atoms with E-state index in [-0.39, 0.29) is 22.6 Å². The molecule has 0 aliphatic heterocycles. The van der Waals surface area contributed by atoms with Gasteiger partial charge in [-0.25, -0.2) is 13.2 Å². The molecule has 0 bridgehead atoms. The van der Waals surface area contributed by atoms with Gasteiger partial charge in [0.15, 0.2) is 9.84 Å². The number of sulfone groups is 1. The Balaban J connectivity index is 2.25. The number of rotatable bonds is 5. The summed E-state index contributed by atoms with van der Waals surface area (Å²) in [5.74, 6) is -1.42. The molecule has 1 N–H and O–H groups in total. The van der Waals surface area contributed by atoms with Gasteiger partial charge >= 0.3 is 5.97 Å². The third-order valence-corrected chi connectivity index (χ3v) is 4.57. The SMILES string of the molecule is O=C(O)c1ccccc1S(=O)(=O)CCc1ccccn1. The summed E-state index contributed by atoms with van der Waals surface area (Å²) in [6.07, 6.45) is 1.84. The summed E-state index contributed by atoms with van der Waals surface area (Å²) >= 11 is 0. The van der Waals surface area contributed by atoms with Crippen LogP contribution >= 0.6 is 0 Å². The van der Waals surface area contributed by atoms with E-state index in [1.807, 2.05) is 0 Å². The molecule has 0 spiro atoms. The molecule has 104 valence electrons. The molecule has 1 aromatic carbocycles. The molecule has 0 atom stereocenters. The van der Waals surface area contributed by atoms with Gasteiger partial charge < -0.3 is 5.11 Å². The van der Waals surface area contributed by atoms with E-state index in [2.05, 4.69) is 4.98 Å². The molecule has 2 rings (SSSR count).